The number of piperazine rings is 1. The molecular weight excluding hydrogens is 580 g/mol. The fraction of sp³-hybridized carbons (Fsp3) is 0.235. The van der Waals surface area contributed by atoms with E-state index < -0.39 is 0 Å². The SMILES string of the molecule is N=c1ncn(Cc2cn(C(c3ccccc3)[C@@H](c3ccccc3)[C@@H]3CNCCN3C(=O)OCc3ccccc3)nn2)c2nc[nH]c12. The Morgan fingerprint density at radius 2 is 1.67 bits per heavy atom. The maximum absolute atomic E-state index is 13.7. The Labute approximate surface area is 265 Å². The Kier molecular flexibility index (Phi) is 8.33. The van der Waals surface area contributed by atoms with Gasteiger partial charge in [0, 0.05) is 25.6 Å². The zero-order valence-corrected chi connectivity index (χ0v) is 25.1. The number of aromatic nitrogens is 7. The first-order valence-electron chi connectivity index (χ1n) is 15.3. The topological polar surface area (TPSA) is 143 Å². The molecule has 0 saturated carbocycles. The van der Waals surface area contributed by atoms with Crippen molar-refractivity contribution in [1.82, 2.24) is 44.7 Å². The van der Waals surface area contributed by atoms with E-state index in [4.69, 9.17) is 10.1 Å². The Bertz CT molecular complexity index is 1960. The average molecular weight is 615 g/mol. The van der Waals surface area contributed by atoms with Gasteiger partial charge in [-0.25, -0.2) is 19.4 Å². The maximum atomic E-state index is 13.7. The van der Waals surface area contributed by atoms with Gasteiger partial charge in [0.2, 0.25) is 0 Å². The number of H-pyrrole nitrogens is 1. The number of ether oxygens (including phenoxy) is 1. The molecule has 4 heterocycles. The van der Waals surface area contributed by atoms with Crippen LogP contribution < -0.4 is 10.8 Å². The second-order valence-electron chi connectivity index (χ2n) is 11.3. The van der Waals surface area contributed by atoms with Gasteiger partial charge in [-0.15, -0.1) is 5.10 Å². The molecule has 0 bridgehead atoms. The van der Waals surface area contributed by atoms with Crippen molar-refractivity contribution < 1.29 is 9.53 Å². The van der Waals surface area contributed by atoms with E-state index in [-0.39, 0.29) is 36.2 Å². The van der Waals surface area contributed by atoms with E-state index in [0.717, 1.165) is 16.7 Å². The third-order valence-corrected chi connectivity index (χ3v) is 8.43. The van der Waals surface area contributed by atoms with Crippen LogP contribution in [0.3, 0.4) is 0 Å². The van der Waals surface area contributed by atoms with Crippen LogP contribution in [0.1, 0.15) is 34.3 Å². The van der Waals surface area contributed by atoms with E-state index in [0.29, 0.717) is 43.0 Å². The molecule has 46 heavy (non-hydrogen) atoms. The Morgan fingerprint density at radius 3 is 2.43 bits per heavy atom. The van der Waals surface area contributed by atoms with Crippen LogP contribution in [0, 0.1) is 5.41 Å². The lowest BCUT2D eigenvalue weighted by Gasteiger charge is -2.43. The van der Waals surface area contributed by atoms with E-state index in [1.807, 2.05) is 87.1 Å². The molecule has 3 atom stereocenters. The van der Waals surface area contributed by atoms with Gasteiger partial charge < -0.3 is 24.5 Å². The molecule has 7 rings (SSSR count). The highest BCUT2D eigenvalue weighted by Crippen LogP contribution is 2.39. The number of imidazole rings is 1. The largest absolute Gasteiger partial charge is 0.445 e. The number of aromatic amines is 1. The molecule has 0 aliphatic carbocycles. The van der Waals surface area contributed by atoms with Crippen molar-refractivity contribution in [3.8, 4) is 0 Å². The summed E-state index contributed by atoms with van der Waals surface area (Å²) in [7, 11) is 0. The number of amides is 1. The molecule has 1 amide bonds. The minimum Gasteiger partial charge on any atom is -0.445 e. The summed E-state index contributed by atoms with van der Waals surface area (Å²) in [5.41, 5.74) is 5.08. The van der Waals surface area contributed by atoms with Crippen molar-refractivity contribution in [2.24, 2.45) is 0 Å². The van der Waals surface area contributed by atoms with Gasteiger partial charge in [0.1, 0.15) is 17.8 Å². The lowest BCUT2D eigenvalue weighted by Crippen LogP contribution is -2.57. The molecule has 3 N–H and O–H groups in total. The highest BCUT2D eigenvalue weighted by molar-refractivity contribution is 5.69. The van der Waals surface area contributed by atoms with Crippen LogP contribution in [0.4, 0.5) is 4.79 Å². The molecule has 1 aliphatic rings. The van der Waals surface area contributed by atoms with Crippen molar-refractivity contribution >= 4 is 17.3 Å². The van der Waals surface area contributed by atoms with E-state index in [1.54, 1.807) is 12.7 Å². The molecule has 12 nitrogen and oxygen atoms in total. The Hall–Kier alpha value is -5.62. The number of rotatable bonds is 9. The third kappa shape index (κ3) is 6.02. The Morgan fingerprint density at radius 1 is 0.957 bits per heavy atom. The van der Waals surface area contributed by atoms with Gasteiger partial charge in [0.15, 0.2) is 11.1 Å². The monoisotopic (exact) mass is 614 g/mol. The zero-order valence-electron chi connectivity index (χ0n) is 25.1. The van der Waals surface area contributed by atoms with Crippen molar-refractivity contribution in [3.63, 3.8) is 0 Å². The van der Waals surface area contributed by atoms with Crippen LogP contribution in [-0.4, -0.2) is 71.2 Å². The molecule has 1 aliphatic heterocycles. The molecule has 6 aromatic rings. The number of fused-ring (bicyclic) bond motifs is 1. The van der Waals surface area contributed by atoms with Gasteiger partial charge in [-0.05, 0) is 16.7 Å². The average Bonchev–Trinajstić information content (AvgIpc) is 3.80. The molecule has 1 unspecified atom stereocenters. The van der Waals surface area contributed by atoms with Crippen LogP contribution in [-0.2, 0) is 17.9 Å². The van der Waals surface area contributed by atoms with Crippen LogP contribution in [0.25, 0.3) is 11.2 Å². The van der Waals surface area contributed by atoms with Crippen molar-refractivity contribution in [2.75, 3.05) is 19.6 Å². The van der Waals surface area contributed by atoms with Crippen molar-refractivity contribution in [3.05, 3.63) is 138 Å². The minimum atomic E-state index is -0.341. The van der Waals surface area contributed by atoms with E-state index in [2.05, 4.69) is 54.8 Å². The second-order valence-corrected chi connectivity index (χ2v) is 11.3. The van der Waals surface area contributed by atoms with Crippen LogP contribution >= 0.6 is 0 Å². The second kappa shape index (κ2) is 13.2. The summed E-state index contributed by atoms with van der Waals surface area (Å²) in [6.07, 6.45) is 4.76. The zero-order chi connectivity index (χ0) is 31.3. The standard InChI is InChI=1S/C34H34N10O2/c35-32-30-33(38-22-37-30)42(23-39-32)19-27-20-44(41-40-27)31(26-14-8-3-9-15-26)29(25-12-6-2-7-13-25)28-18-36-16-17-43(28)34(45)46-21-24-10-4-1-5-11-24/h1-15,20,22-23,28-29,31,35-36H,16-19,21H2,(H,37,38)/t28-,29-,31?/m0/s1. The Balaban J connectivity index is 1.26. The van der Waals surface area contributed by atoms with Crippen molar-refractivity contribution in [2.45, 2.75) is 31.2 Å². The highest BCUT2D eigenvalue weighted by atomic mass is 16.6. The fourth-order valence-electron chi connectivity index (χ4n) is 6.28. The summed E-state index contributed by atoms with van der Waals surface area (Å²) >= 11 is 0. The first-order valence-corrected chi connectivity index (χ1v) is 15.3. The molecule has 0 spiro atoms. The summed E-state index contributed by atoms with van der Waals surface area (Å²) in [6, 6.07) is 29.7. The van der Waals surface area contributed by atoms with Gasteiger partial charge in [0.05, 0.1) is 37.5 Å². The van der Waals surface area contributed by atoms with Crippen molar-refractivity contribution in [1.29, 1.82) is 5.41 Å². The molecule has 0 radical (unpaired) electrons. The predicted molar refractivity (Wildman–Crippen MR) is 171 cm³/mol. The summed E-state index contributed by atoms with van der Waals surface area (Å²) in [5, 5.41) is 20.9. The normalized spacial score (nSPS) is 16.3. The molecule has 1 saturated heterocycles. The number of carbonyl (C=O) groups excluding carboxylic acids is 1. The molecule has 3 aromatic carbocycles. The fourth-order valence-corrected chi connectivity index (χ4v) is 6.28. The van der Waals surface area contributed by atoms with Gasteiger partial charge in [-0.1, -0.05) is 96.2 Å². The third-order valence-electron chi connectivity index (χ3n) is 8.43. The minimum absolute atomic E-state index is 0.134. The first-order chi connectivity index (χ1) is 22.7. The van der Waals surface area contributed by atoms with E-state index >= 15 is 0 Å². The van der Waals surface area contributed by atoms with Gasteiger partial charge in [-0.2, -0.15) is 0 Å². The molecule has 12 heteroatoms. The van der Waals surface area contributed by atoms with Gasteiger partial charge >= 0.3 is 6.09 Å². The van der Waals surface area contributed by atoms with Crippen LogP contribution in [0.15, 0.2) is 110 Å². The van der Waals surface area contributed by atoms with Gasteiger partial charge in [0.25, 0.3) is 0 Å². The van der Waals surface area contributed by atoms with E-state index in [1.165, 1.54) is 0 Å². The summed E-state index contributed by atoms with van der Waals surface area (Å²) < 4.78 is 9.63. The molecule has 232 valence electrons. The molecule has 3 aromatic heterocycles. The number of nitrogens with one attached hydrogen (secondary N) is 3. The quantitative estimate of drug-likeness (QED) is 0.224. The highest BCUT2D eigenvalue weighted by Gasteiger charge is 2.41. The summed E-state index contributed by atoms with van der Waals surface area (Å²) in [6.45, 7) is 2.35. The first kappa shape index (κ1) is 29.1. The number of nitrogens with zero attached hydrogens (tertiary/aromatic N) is 7. The lowest BCUT2D eigenvalue weighted by molar-refractivity contribution is 0.0610. The molecular formula is C34H34N10O2. The number of hydrogen-bond acceptors (Lipinski definition) is 8. The van der Waals surface area contributed by atoms with Crippen LogP contribution in [0.5, 0.6) is 0 Å². The van der Waals surface area contributed by atoms with Crippen LogP contribution in [0.2, 0.25) is 0 Å². The molecule has 1 fully saturated rings. The smallest absolute Gasteiger partial charge is 0.410 e. The number of benzene rings is 3. The maximum Gasteiger partial charge on any atom is 0.410 e. The number of carbonyl (C=O) groups is 1. The summed E-state index contributed by atoms with van der Waals surface area (Å²) in [4.78, 5) is 27.2. The van der Waals surface area contributed by atoms with Gasteiger partial charge in [-0.3, -0.25) is 5.41 Å². The van der Waals surface area contributed by atoms with E-state index in [9.17, 15) is 4.79 Å². The lowest BCUT2D eigenvalue weighted by atomic mass is 9.80. The summed E-state index contributed by atoms with van der Waals surface area (Å²) in [5.74, 6) is -0.204. The number of hydrogen-bond donors (Lipinski definition) is 3. The predicted octanol–water partition coefficient (Wildman–Crippen LogP) is 3.86.